The maximum atomic E-state index is 12.2. The van der Waals surface area contributed by atoms with Crippen molar-refractivity contribution in [3.05, 3.63) is 24.3 Å². The molecule has 2 N–H and O–H groups in total. The number of nitrogens with zero attached hydrogens (tertiary/aromatic N) is 1. The number of morpholine rings is 1. The number of carbonyl (C=O) groups excluding carboxylic acids is 2. The van der Waals surface area contributed by atoms with Gasteiger partial charge in [0.05, 0.1) is 24.6 Å². The molecule has 2 fully saturated rings. The molecule has 1 aromatic carbocycles. The zero-order valence-electron chi connectivity index (χ0n) is 11.8. The number of hydrogen-bond donors (Lipinski definition) is 2. The second kappa shape index (κ2) is 6.13. The second-order valence-corrected chi connectivity index (χ2v) is 5.26. The van der Waals surface area contributed by atoms with Crippen LogP contribution >= 0.6 is 0 Å². The zero-order chi connectivity index (χ0) is 14.7. The van der Waals surface area contributed by atoms with Crippen molar-refractivity contribution in [2.24, 2.45) is 0 Å². The highest BCUT2D eigenvalue weighted by Gasteiger charge is 2.27. The van der Waals surface area contributed by atoms with Gasteiger partial charge in [-0.2, -0.15) is 0 Å². The van der Waals surface area contributed by atoms with Crippen molar-refractivity contribution in [1.82, 2.24) is 5.32 Å². The van der Waals surface area contributed by atoms with Crippen LogP contribution in [0.3, 0.4) is 0 Å². The lowest BCUT2D eigenvalue weighted by Crippen LogP contribution is -2.39. The van der Waals surface area contributed by atoms with E-state index >= 15 is 0 Å². The number of rotatable bonds is 3. The van der Waals surface area contributed by atoms with Gasteiger partial charge in [0.2, 0.25) is 11.8 Å². The fourth-order valence-electron chi connectivity index (χ4n) is 2.69. The summed E-state index contributed by atoms with van der Waals surface area (Å²) in [6.45, 7) is 3.02. The Morgan fingerprint density at radius 1 is 1.29 bits per heavy atom. The van der Waals surface area contributed by atoms with E-state index in [0.717, 1.165) is 24.5 Å². The molecule has 0 aromatic heterocycles. The van der Waals surface area contributed by atoms with Crippen LogP contribution in [0, 0.1) is 0 Å². The third kappa shape index (κ3) is 3.16. The van der Waals surface area contributed by atoms with E-state index < -0.39 is 6.04 Å². The van der Waals surface area contributed by atoms with Crippen molar-refractivity contribution in [2.45, 2.75) is 18.9 Å². The molecule has 2 saturated heterocycles. The molecule has 21 heavy (non-hydrogen) atoms. The summed E-state index contributed by atoms with van der Waals surface area (Å²) >= 11 is 0. The minimum Gasteiger partial charge on any atom is -0.378 e. The lowest BCUT2D eigenvalue weighted by molar-refractivity contribution is -0.122. The molecule has 0 bridgehead atoms. The van der Waals surface area contributed by atoms with Gasteiger partial charge in [-0.3, -0.25) is 9.59 Å². The highest BCUT2D eigenvalue weighted by atomic mass is 16.5. The van der Waals surface area contributed by atoms with Crippen LogP contribution < -0.4 is 15.5 Å². The quantitative estimate of drug-likeness (QED) is 0.861. The van der Waals surface area contributed by atoms with Crippen molar-refractivity contribution in [2.75, 3.05) is 36.5 Å². The summed E-state index contributed by atoms with van der Waals surface area (Å²) in [6.07, 6.45) is 0.980. The molecule has 1 atom stereocenters. The van der Waals surface area contributed by atoms with E-state index in [-0.39, 0.29) is 11.8 Å². The van der Waals surface area contributed by atoms with Gasteiger partial charge in [0.1, 0.15) is 6.04 Å². The topological polar surface area (TPSA) is 70.7 Å². The number of anilines is 2. The number of ether oxygens (including phenoxy) is 1. The van der Waals surface area contributed by atoms with Crippen molar-refractivity contribution < 1.29 is 14.3 Å². The molecular formula is C15H19N3O3. The van der Waals surface area contributed by atoms with E-state index in [1.807, 2.05) is 24.3 Å². The van der Waals surface area contributed by atoms with Crippen LogP contribution in [0.5, 0.6) is 0 Å². The maximum absolute atomic E-state index is 12.2. The minimum atomic E-state index is -0.421. The van der Waals surface area contributed by atoms with E-state index in [9.17, 15) is 9.59 Å². The predicted octanol–water partition coefficient (Wildman–Crippen LogP) is 0.740. The molecule has 3 rings (SSSR count). The molecule has 6 heteroatoms. The van der Waals surface area contributed by atoms with E-state index in [1.54, 1.807) is 0 Å². The largest absolute Gasteiger partial charge is 0.378 e. The minimum absolute atomic E-state index is 0.0587. The highest BCUT2D eigenvalue weighted by molar-refractivity contribution is 6.01. The molecule has 0 aliphatic carbocycles. The Kier molecular flexibility index (Phi) is 4.06. The average molecular weight is 289 g/mol. The fraction of sp³-hybridized carbons (Fsp3) is 0.467. The van der Waals surface area contributed by atoms with Gasteiger partial charge in [0.15, 0.2) is 0 Å². The van der Waals surface area contributed by atoms with E-state index in [4.69, 9.17) is 4.74 Å². The Labute approximate surface area is 123 Å². The SMILES string of the molecule is O=C1CCC(C(=O)Nc2ccccc2N2CCOCC2)N1. The molecule has 0 spiro atoms. The summed E-state index contributed by atoms with van der Waals surface area (Å²) in [7, 11) is 0. The van der Waals surface area contributed by atoms with Crippen molar-refractivity contribution in [3.63, 3.8) is 0 Å². The van der Waals surface area contributed by atoms with E-state index in [0.29, 0.717) is 26.1 Å². The Balaban J connectivity index is 1.72. The lowest BCUT2D eigenvalue weighted by Gasteiger charge is -2.30. The molecule has 2 amide bonds. The van der Waals surface area contributed by atoms with Gasteiger partial charge >= 0.3 is 0 Å². The van der Waals surface area contributed by atoms with Crippen LogP contribution in [0.1, 0.15) is 12.8 Å². The molecule has 2 aliphatic rings. The molecule has 2 heterocycles. The van der Waals surface area contributed by atoms with Gasteiger partial charge in [0, 0.05) is 19.5 Å². The summed E-state index contributed by atoms with van der Waals surface area (Å²) in [6, 6.07) is 7.31. The van der Waals surface area contributed by atoms with Gasteiger partial charge in [-0.15, -0.1) is 0 Å². The zero-order valence-corrected chi connectivity index (χ0v) is 11.8. The monoisotopic (exact) mass is 289 g/mol. The van der Waals surface area contributed by atoms with Gasteiger partial charge in [-0.1, -0.05) is 12.1 Å². The van der Waals surface area contributed by atoms with Gasteiger partial charge < -0.3 is 20.3 Å². The van der Waals surface area contributed by atoms with E-state index in [2.05, 4.69) is 15.5 Å². The molecular weight excluding hydrogens is 270 g/mol. The molecule has 1 unspecified atom stereocenters. The van der Waals surface area contributed by atoms with Crippen LogP contribution in [0.2, 0.25) is 0 Å². The fourth-order valence-corrected chi connectivity index (χ4v) is 2.69. The number of nitrogens with one attached hydrogen (secondary N) is 2. The Morgan fingerprint density at radius 3 is 2.76 bits per heavy atom. The number of benzene rings is 1. The number of amides is 2. The Morgan fingerprint density at radius 2 is 2.05 bits per heavy atom. The van der Waals surface area contributed by atoms with Crippen LogP contribution in [0.4, 0.5) is 11.4 Å². The molecule has 112 valence electrons. The number of carbonyl (C=O) groups is 2. The molecule has 2 aliphatic heterocycles. The van der Waals surface area contributed by atoms with Gasteiger partial charge in [-0.25, -0.2) is 0 Å². The first kappa shape index (κ1) is 13.9. The summed E-state index contributed by atoms with van der Waals surface area (Å²) < 4.78 is 5.36. The van der Waals surface area contributed by atoms with Crippen LogP contribution in [-0.2, 0) is 14.3 Å². The van der Waals surface area contributed by atoms with Crippen molar-refractivity contribution >= 4 is 23.2 Å². The highest BCUT2D eigenvalue weighted by Crippen LogP contribution is 2.26. The first-order valence-corrected chi connectivity index (χ1v) is 7.26. The Bertz CT molecular complexity index is 541. The van der Waals surface area contributed by atoms with Gasteiger partial charge in [-0.05, 0) is 18.6 Å². The summed E-state index contributed by atoms with van der Waals surface area (Å²) in [4.78, 5) is 25.6. The molecule has 1 aromatic rings. The normalized spacial score (nSPS) is 22.0. The van der Waals surface area contributed by atoms with Crippen molar-refractivity contribution in [3.8, 4) is 0 Å². The van der Waals surface area contributed by atoms with Crippen molar-refractivity contribution in [1.29, 1.82) is 0 Å². The van der Waals surface area contributed by atoms with E-state index in [1.165, 1.54) is 0 Å². The first-order chi connectivity index (χ1) is 10.2. The second-order valence-electron chi connectivity index (χ2n) is 5.26. The first-order valence-electron chi connectivity index (χ1n) is 7.26. The number of hydrogen-bond acceptors (Lipinski definition) is 4. The molecule has 0 saturated carbocycles. The third-order valence-corrected chi connectivity index (χ3v) is 3.83. The smallest absolute Gasteiger partial charge is 0.247 e. The number of para-hydroxylation sites is 2. The standard InChI is InChI=1S/C15H19N3O3/c19-14-6-5-12(16-14)15(20)17-11-3-1-2-4-13(11)18-7-9-21-10-8-18/h1-4,12H,5-10H2,(H,16,19)(H,17,20). The third-order valence-electron chi connectivity index (χ3n) is 3.83. The Hall–Kier alpha value is -2.08. The average Bonchev–Trinajstić information content (AvgIpc) is 2.95. The summed E-state index contributed by atoms with van der Waals surface area (Å²) in [5, 5.41) is 5.62. The summed E-state index contributed by atoms with van der Waals surface area (Å²) in [5.74, 6) is -0.210. The van der Waals surface area contributed by atoms with Crippen LogP contribution in [0.25, 0.3) is 0 Å². The summed E-state index contributed by atoms with van der Waals surface area (Å²) in [5.41, 5.74) is 1.78. The molecule has 6 nitrogen and oxygen atoms in total. The lowest BCUT2D eigenvalue weighted by atomic mass is 10.2. The maximum Gasteiger partial charge on any atom is 0.247 e. The predicted molar refractivity (Wildman–Crippen MR) is 79.3 cm³/mol. The molecule has 0 radical (unpaired) electrons. The van der Waals surface area contributed by atoms with Crippen LogP contribution in [0.15, 0.2) is 24.3 Å². The van der Waals surface area contributed by atoms with Crippen LogP contribution in [-0.4, -0.2) is 44.2 Å². The van der Waals surface area contributed by atoms with Gasteiger partial charge in [0.25, 0.3) is 0 Å².